The smallest absolute Gasteiger partial charge is 0.319 e. The molecule has 5 nitrogen and oxygen atoms in total. The molecule has 1 aliphatic rings. The molecule has 0 saturated heterocycles. The van der Waals surface area contributed by atoms with Crippen LogP contribution in [0.3, 0.4) is 0 Å². The van der Waals surface area contributed by atoms with E-state index in [0.29, 0.717) is 4.90 Å². The Balaban J connectivity index is 2.00. The fourth-order valence-electron chi connectivity index (χ4n) is 3.34. The maximum absolute atomic E-state index is 14.1. The van der Waals surface area contributed by atoms with Gasteiger partial charge in [0.1, 0.15) is 17.3 Å². The number of anilines is 1. The van der Waals surface area contributed by atoms with Gasteiger partial charge in [-0.15, -0.1) is 0 Å². The van der Waals surface area contributed by atoms with Crippen molar-refractivity contribution in [2.75, 3.05) is 5.32 Å². The highest BCUT2D eigenvalue weighted by Gasteiger charge is 2.45. The number of rotatable bonds is 5. The van der Waals surface area contributed by atoms with E-state index >= 15 is 0 Å². The Morgan fingerprint density at radius 2 is 1.41 bits per heavy atom. The summed E-state index contributed by atoms with van der Waals surface area (Å²) >= 11 is 0. The molecule has 2 aromatic carbocycles. The van der Waals surface area contributed by atoms with Crippen LogP contribution in [-0.4, -0.2) is 28.7 Å². The molecule has 12 heteroatoms. The van der Waals surface area contributed by atoms with Gasteiger partial charge in [0, 0.05) is 0 Å². The monoisotopic (exact) mass is 462 g/mol. The number of halogens is 7. The van der Waals surface area contributed by atoms with Gasteiger partial charge in [0.2, 0.25) is 5.91 Å². The molecular formula is C20H13F7N2O3. The number of imide groups is 1. The molecule has 3 rings (SSSR count). The SMILES string of the molecule is CCC[C@@H](C(=O)Nc1c(F)c(F)c(C(F)(F)F)c(F)c1F)N1C(=O)c2ccccc2C1=O. The second-order valence-electron chi connectivity index (χ2n) is 6.82. The number of alkyl halides is 3. The summed E-state index contributed by atoms with van der Waals surface area (Å²) in [5, 5.41) is 1.49. The quantitative estimate of drug-likeness (QED) is 0.399. The van der Waals surface area contributed by atoms with E-state index in [-0.39, 0.29) is 24.0 Å². The molecule has 0 fully saturated rings. The average molecular weight is 462 g/mol. The third-order valence-corrected chi connectivity index (χ3v) is 4.80. The molecule has 170 valence electrons. The topological polar surface area (TPSA) is 66.5 Å². The lowest BCUT2D eigenvalue weighted by atomic mass is 10.1. The molecule has 1 aliphatic heterocycles. The van der Waals surface area contributed by atoms with Gasteiger partial charge in [-0.3, -0.25) is 19.3 Å². The number of carbonyl (C=O) groups excluding carboxylic acids is 3. The van der Waals surface area contributed by atoms with Crippen LogP contribution < -0.4 is 5.32 Å². The lowest BCUT2D eigenvalue weighted by Gasteiger charge is -2.25. The number of benzene rings is 2. The van der Waals surface area contributed by atoms with Gasteiger partial charge in [0.25, 0.3) is 11.8 Å². The summed E-state index contributed by atoms with van der Waals surface area (Å²) in [5.74, 6) is -13.7. The van der Waals surface area contributed by atoms with E-state index in [0.717, 1.165) is 0 Å². The van der Waals surface area contributed by atoms with E-state index in [9.17, 15) is 45.1 Å². The summed E-state index contributed by atoms with van der Waals surface area (Å²) in [4.78, 5) is 38.4. The van der Waals surface area contributed by atoms with E-state index in [2.05, 4.69) is 0 Å². The van der Waals surface area contributed by atoms with Gasteiger partial charge < -0.3 is 5.32 Å². The van der Waals surface area contributed by atoms with E-state index in [1.807, 2.05) is 0 Å². The van der Waals surface area contributed by atoms with E-state index in [4.69, 9.17) is 0 Å². The number of fused-ring (bicyclic) bond motifs is 1. The van der Waals surface area contributed by atoms with Crippen LogP contribution in [0.5, 0.6) is 0 Å². The Hall–Kier alpha value is -3.44. The zero-order chi connectivity index (χ0) is 24.0. The van der Waals surface area contributed by atoms with Crippen molar-refractivity contribution in [1.29, 1.82) is 0 Å². The number of hydrogen-bond acceptors (Lipinski definition) is 3. The van der Waals surface area contributed by atoms with Gasteiger partial charge in [0.05, 0.1) is 11.1 Å². The van der Waals surface area contributed by atoms with E-state index in [1.54, 1.807) is 6.92 Å². The molecule has 0 bridgehead atoms. The van der Waals surface area contributed by atoms with Crippen molar-refractivity contribution in [3.8, 4) is 0 Å². The van der Waals surface area contributed by atoms with Crippen molar-refractivity contribution in [2.24, 2.45) is 0 Å². The maximum atomic E-state index is 14.1. The van der Waals surface area contributed by atoms with Crippen LogP contribution in [0.4, 0.5) is 36.4 Å². The third-order valence-electron chi connectivity index (χ3n) is 4.80. The summed E-state index contributed by atoms with van der Waals surface area (Å²) < 4.78 is 94.1. The summed E-state index contributed by atoms with van der Waals surface area (Å²) in [6, 6.07) is 3.90. The summed E-state index contributed by atoms with van der Waals surface area (Å²) in [6.07, 6.45) is -5.76. The lowest BCUT2D eigenvalue weighted by molar-refractivity contribution is -0.143. The molecule has 1 atom stereocenters. The Kier molecular flexibility index (Phi) is 5.98. The largest absolute Gasteiger partial charge is 0.422 e. The standard InChI is InChI=1S/C20H13F7N2O3/c1-2-5-10(29-18(31)8-6-3-4-7-9(8)19(29)32)17(30)28-16-14(23)12(21)11(20(25,26)27)13(22)15(16)24/h3-4,6-7,10H,2,5H2,1H3,(H,28,30)/t10-/m0/s1. The number of carbonyl (C=O) groups is 3. The second-order valence-corrected chi connectivity index (χ2v) is 6.82. The maximum Gasteiger partial charge on any atom is 0.422 e. The van der Waals surface area contributed by atoms with Crippen LogP contribution in [0, 0.1) is 23.3 Å². The minimum absolute atomic E-state index is 0.0321. The first-order valence-electron chi connectivity index (χ1n) is 9.12. The number of nitrogens with zero attached hydrogens (tertiary/aromatic N) is 1. The van der Waals surface area contributed by atoms with Gasteiger partial charge in [-0.25, -0.2) is 17.6 Å². The van der Waals surface area contributed by atoms with Gasteiger partial charge in [-0.1, -0.05) is 25.5 Å². The van der Waals surface area contributed by atoms with E-state index < -0.39 is 64.5 Å². The minimum atomic E-state index is -5.75. The van der Waals surface area contributed by atoms with Gasteiger partial charge in [0.15, 0.2) is 23.3 Å². The summed E-state index contributed by atoms with van der Waals surface area (Å²) in [7, 11) is 0. The molecule has 0 unspecified atom stereocenters. The minimum Gasteiger partial charge on any atom is -0.319 e. The molecule has 3 amide bonds. The first-order valence-corrected chi connectivity index (χ1v) is 9.12. The highest BCUT2D eigenvalue weighted by atomic mass is 19.4. The first-order chi connectivity index (χ1) is 14.9. The number of nitrogens with one attached hydrogen (secondary N) is 1. The molecule has 0 saturated carbocycles. The molecule has 0 aromatic heterocycles. The van der Waals surface area contributed by atoms with Crippen molar-refractivity contribution in [3.05, 3.63) is 64.2 Å². The van der Waals surface area contributed by atoms with Crippen molar-refractivity contribution < 1.29 is 45.1 Å². The fourth-order valence-corrected chi connectivity index (χ4v) is 3.34. The molecule has 32 heavy (non-hydrogen) atoms. The van der Waals surface area contributed by atoms with Crippen molar-refractivity contribution >= 4 is 23.4 Å². The van der Waals surface area contributed by atoms with Gasteiger partial charge in [-0.2, -0.15) is 13.2 Å². The normalized spacial score (nSPS) is 14.6. The Morgan fingerprint density at radius 1 is 0.938 bits per heavy atom. The molecular weight excluding hydrogens is 449 g/mol. The summed E-state index contributed by atoms with van der Waals surface area (Å²) in [6.45, 7) is 1.55. The number of hydrogen-bond donors (Lipinski definition) is 1. The van der Waals surface area contributed by atoms with Crippen LogP contribution in [0.15, 0.2) is 24.3 Å². The first kappa shape index (κ1) is 23.2. The molecule has 1 N–H and O–H groups in total. The van der Waals surface area contributed by atoms with Crippen LogP contribution in [0.25, 0.3) is 0 Å². The molecule has 0 spiro atoms. The highest BCUT2D eigenvalue weighted by Crippen LogP contribution is 2.38. The summed E-state index contributed by atoms with van der Waals surface area (Å²) in [5.41, 5.74) is -4.67. The Labute approximate surface area is 175 Å². The molecule has 0 aliphatic carbocycles. The van der Waals surface area contributed by atoms with Crippen LogP contribution >= 0.6 is 0 Å². The van der Waals surface area contributed by atoms with Crippen LogP contribution in [-0.2, 0) is 11.0 Å². The third kappa shape index (κ3) is 3.69. The predicted octanol–water partition coefficient (Wildman–Crippen LogP) is 4.67. The Bertz CT molecular complexity index is 1070. The second kappa shape index (κ2) is 8.24. The lowest BCUT2D eigenvalue weighted by Crippen LogP contribution is -2.47. The van der Waals surface area contributed by atoms with Crippen molar-refractivity contribution in [2.45, 2.75) is 32.0 Å². The van der Waals surface area contributed by atoms with Gasteiger partial charge >= 0.3 is 6.18 Å². The molecule has 1 heterocycles. The average Bonchev–Trinajstić information content (AvgIpc) is 2.97. The van der Waals surface area contributed by atoms with Crippen molar-refractivity contribution in [3.63, 3.8) is 0 Å². The van der Waals surface area contributed by atoms with Gasteiger partial charge in [-0.05, 0) is 18.6 Å². The zero-order valence-electron chi connectivity index (χ0n) is 16.1. The van der Waals surface area contributed by atoms with Crippen molar-refractivity contribution in [1.82, 2.24) is 4.90 Å². The highest BCUT2D eigenvalue weighted by molar-refractivity contribution is 6.23. The zero-order valence-corrected chi connectivity index (χ0v) is 16.1. The van der Waals surface area contributed by atoms with Crippen LogP contribution in [0.2, 0.25) is 0 Å². The van der Waals surface area contributed by atoms with E-state index in [1.165, 1.54) is 29.6 Å². The molecule has 2 aromatic rings. The molecule has 0 radical (unpaired) electrons. The van der Waals surface area contributed by atoms with Crippen LogP contribution in [0.1, 0.15) is 46.0 Å². The predicted molar refractivity (Wildman–Crippen MR) is 95.5 cm³/mol. The Morgan fingerprint density at radius 3 is 1.81 bits per heavy atom. The number of amides is 3. The fraction of sp³-hybridized carbons (Fsp3) is 0.250.